The van der Waals surface area contributed by atoms with Crippen molar-refractivity contribution in [3.05, 3.63) is 52.2 Å². The second-order valence-corrected chi connectivity index (χ2v) is 8.77. The van der Waals surface area contributed by atoms with E-state index in [1.807, 2.05) is 16.3 Å². The summed E-state index contributed by atoms with van der Waals surface area (Å²) in [5, 5.41) is 1.86. The van der Waals surface area contributed by atoms with Gasteiger partial charge in [0.2, 0.25) is 10.0 Å². The zero-order chi connectivity index (χ0) is 19.4. The van der Waals surface area contributed by atoms with Gasteiger partial charge in [0.25, 0.3) is 5.91 Å². The molecule has 1 saturated heterocycles. The van der Waals surface area contributed by atoms with Gasteiger partial charge in [0.1, 0.15) is 16.5 Å². The van der Waals surface area contributed by atoms with E-state index >= 15 is 0 Å². The van der Waals surface area contributed by atoms with E-state index in [0.29, 0.717) is 43.7 Å². The molecule has 2 heterocycles. The zero-order valence-electron chi connectivity index (χ0n) is 14.4. The molecule has 1 aromatic heterocycles. The number of rotatable bonds is 6. The van der Waals surface area contributed by atoms with Crippen molar-refractivity contribution in [3.63, 3.8) is 0 Å². The highest BCUT2D eigenvalue weighted by Gasteiger charge is 2.24. The molecule has 0 bridgehead atoms. The van der Waals surface area contributed by atoms with Gasteiger partial charge in [-0.1, -0.05) is 6.07 Å². The molecule has 0 aliphatic carbocycles. The second-order valence-electron chi connectivity index (χ2n) is 6.08. The van der Waals surface area contributed by atoms with Crippen LogP contribution in [0.25, 0.3) is 0 Å². The van der Waals surface area contributed by atoms with Crippen LogP contribution in [-0.4, -0.2) is 63.4 Å². The van der Waals surface area contributed by atoms with Crippen LogP contribution in [0, 0.1) is 11.6 Å². The van der Waals surface area contributed by atoms with Gasteiger partial charge >= 0.3 is 0 Å². The van der Waals surface area contributed by atoms with Gasteiger partial charge in [-0.2, -0.15) is 0 Å². The molecule has 1 aliphatic rings. The van der Waals surface area contributed by atoms with Crippen LogP contribution >= 0.6 is 11.3 Å². The highest BCUT2D eigenvalue weighted by atomic mass is 32.2. The molecule has 2 aromatic rings. The summed E-state index contributed by atoms with van der Waals surface area (Å²) in [5.74, 6) is -1.81. The first-order chi connectivity index (χ1) is 12.9. The first-order valence-corrected chi connectivity index (χ1v) is 10.7. The molecule has 1 fully saturated rings. The Morgan fingerprint density at radius 1 is 1.15 bits per heavy atom. The summed E-state index contributed by atoms with van der Waals surface area (Å²) in [7, 11) is -4.12. The Hall–Kier alpha value is -1.88. The van der Waals surface area contributed by atoms with Crippen LogP contribution < -0.4 is 4.72 Å². The summed E-state index contributed by atoms with van der Waals surface area (Å²) in [4.78, 5) is 16.1. The fourth-order valence-electron chi connectivity index (χ4n) is 2.83. The largest absolute Gasteiger partial charge is 0.335 e. The number of benzene rings is 1. The van der Waals surface area contributed by atoms with Gasteiger partial charge in [0.05, 0.1) is 4.88 Å². The topological polar surface area (TPSA) is 69.7 Å². The minimum Gasteiger partial charge on any atom is -0.335 e. The van der Waals surface area contributed by atoms with Crippen LogP contribution in [0.15, 0.2) is 40.6 Å². The predicted molar refractivity (Wildman–Crippen MR) is 98.2 cm³/mol. The number of amides is 1. The number of halogens is 2. The van der Waals surface area contributed by atoms with Crippen molar-refractivity contribution in [2.24, 2.45) is 0 Å². The highest BCUT2D eigenvalue weighted by molar-refractivity contribution is 7.89. The van der Waals surface area contributed by atoms with Gasteiger partial charge in [-0.05, 0) is 29.6 Å². The van der Waals surface area contributed by atoms with Crippen molar-refractivity contribution in [2.75, 3.05) is 39.3 Å². The highest BCUT2D eigenvalue weighted by Crippen LogP contribution is 2.16. The number of carbonyl (C=O) groups excluding carboxylic acids is 1. The Morgan fingerprint density at radius 2 is 1.89 bits per heavy atom. The van der Waals surface area contributed by atoms with E-state index in [-0.39, 0.29) is 12.5 Å². The third-order valence-electron chi connectivity index (χ3n) is 4.29. The Morgan fingerprint density at radius 3 is 2.56 bits per heavy atom. The van der Waals surface area contributed by atoms with E-state index in [4.69, 9.17) is 0 Å². The maximum Gasteiger partial charge on any atom is 0.264 e. The molecule has 1 amide bonds. The van der Waals surface area contributed by atoms with Crippen LogP contribution in [0.4, 0.5) is 8.78 Å². The molecule has 1 N–H and O–H groups in total. The minimum absolute atomic E-state index is 0.00642. The van der Waals surface area contributed by atoms with E-state index in [1.165, 1.54) is 11.3 Å². The maximum atomic E-state index is 13.6. The molecule has 0 unspecified atom stereocenters. The standard InChI is InChI=1S/C17H19F2N3O3S2/c18-13-3-4-14(19)16(12-13)27(24,25)20-5-6-21-7-9-22(10-8-21)17(23)15-2-1-11-26-15/h1-4,11-12,20H,5-10H2. The molecule has 0 atom stereocenters. The summed E-state index contributed by atoms with van der Waals surface area (Å²) in [6.07, 6.45) is 0. The average molecular weight is 415 g/mol. The molecule has 146 valence electrons. The normalized spacial score (nSPS) is 15.9. The number of hydrogen-bond donors (Lipinski definition) is 1. The molecule has 6 nitrogen and oxygen atoms in total. The number of sulfonamides is 1. The van der Waals surface area contributed by atoms with Gasteiger partial charge in [-0.25, -0.2) is 21.9 Å². The van der Waals surface area contributed by atoms with Crippen molar-refractivity contribution in [1.82, 2.24) is 14.5 Å². The summed E-state index contributed by atoms with van der Waals surface area (Å²) in [6.45, 7) is 2.83. The monoisotopic (exact) mass is 415 g/mol. The smallest absolute Gasteiger partial charge is 0.264 e. The third-order valence-corrected chi connectivity index (χ3v) is 6.63. The quantitative estimate of drug-likeness (QED) is 0.781. The Kier molecular flexibility index (Phi) is 6.20. The number of nitrogens with zero attached hydrogens (tertiary/aromatic N) is 2. The fraction of sp³-hybridized carbons (Fsp3) is 0.353. The third kappa shape index (κ3) is 4.89. The van der Waals surface area contributed by atoms with E-state index in [0.717, 1.165) is 12.1 Å². The molecule has 3 rings (SSSR count). The number of piperazine rings is 1. The predicted octanol–water partition coefficient (Wildman–Crippen LogP) is 1.76. The lowest BCUT2D eigenvalue weighted by Crippen LogP contribution is -2.50. The minimum atomic E-state index is -4.12. The molecule has 27 heavy (non-hydrogen) atoms. The second kappa shape index (κ2) is 8.42. The van der Waals surface area contributed by atoms with Gasteiger partial charge in [0, 0.05) is 39.3 Å². The SMILES string of the molecule is O=C(c1cccs1)N1CCN(CCNS(=O)(=O)c2cc(F)ccc2F)CC1. The van der Waals surface area contributed by atoms with Gasteiger partial charge in [0.15, 0.2) is 0 Å². The van der Waals surface area contributed by atoms with Gasteiger partial charge < -0.3 is 4.90 Å². The molecule has 10 heteroatoms. The van der Waals surface area contributed by atoms with Gasteiger partial charge in [-0.3, -0.25) is 9.69 Å². The molecule has 0 saturated carbocycles. The maximum absolute atomic E-state index is 13.6. The Bertz CT molecular complexity index is 896. The Labute approximate surface area is 160 Å². The fourth-order valence-corrected chi connectivity index (χ4v) is 4.63. The van der Waals surface area contributed by atoms with E-state index in [1.54, 1.807) is 11.0 Å². The first-order valence-electron chi connectivity index (χ1n) is 8.37. The van der Waals surface area contributed by atoms with Gasteiger partial charge in [-0.15, -0.1) is 11.3 Å². The lowest BCUT2D eigenvalue weighted by molar-refractivity contribution is 0.0645. The lowest BCUT2D eigenvalue weighted by Gasteiger charge is -2.34. The number of carbonyl (C=O) groups is 1. The summed E-state index contributed by atoms with van der Waals surface area (Å²) in [6, 6.07) is 5.94. The van der Waals surface area contributed by atoms with E-state index in [2.05, 4.69) is 4.72 Å². The molecule has 1 aromatic carbocycles. The van der Waals surface area contributed by atoms with Crippen LogP contribution in [0.2, 0.25) is 0 Å². The summed E-state index contributed by atoms with van der Waals surface area (Å²) in [5.41, 5.74) is 0. The van der Waals surface area contributed by atoms with Crippen molar-refractivity contribution in [2.45, 2.75) is 4.90 Å². The summed E-state index contributed by atoms with van der Waals surface area (Å²) >= 11 is 1.40. The Balaban J connectivity index is 1.48. The van der Waals surface area contributed by atoms with Crippen LogP contribution in [0.5, 0.6) is 0 Å². The summed E-state index contributed by atoms with van der Waals surface area (Å²) < 4.78 is 53.4. The van der Waals surface area contributed by atoms with Crippen LogP contribution in [0.1, 0.15) is 9.67 Å². The van der Waals surface area contributed by atoms with Crippen molar-refractivity contribution >= 4 is 27.3 Å². The molecular formula is C17H19F2N3O3S2. The zero-order valence-corrected chi connectivity index (χ0v) is 16.0. The number of hydrogen-bond acceptors (Lipinski definition) is 5. The molecular weight excluding hydrogens is 396 g/mol. The first kappa shape index (κ1) is 19.9. The molecule has 1 aliphatic heterocycles. The van der Waals surface area contributed by atoms with E-state index in [9.17, 15) is 22.0 Å². The van der Waals surface area contributed by atoms with Crippen molar-refractivity contribution in [1.29, 1.82) is 0 Å². The van der Waals surface area contributed by atoms with Crippen LogP contribution in [-0.2, 0) is 10.0 Å². The number of nitrogens with one attached hydrogen (secondary N) is 1. The molecule has 0 spiro atoms. The molecule has 0 radical (unpaired) electrons. The number of thiophene rings is 1. The van der Waals surface area contributed by atoms with Crippen molar-refractivity contribution in [3.8, 4) is 0 Å². The van der Waals surface area contributed by atoms with E-state index < -0.39 is 26.6 Å². The van der Waals surface area contributed by atoms with Crippen LogP contribution in [0.3, 0.4) is 0 Å². The average Bonchev–Trinajstić information content (AvgIpc) is 3.18. The lowest BCUT2D eigenvalue weighted by atomic mass is 10.3. The van der Waals surface area contributed by atoms with Crippen molar-refractivity contribution < 1.29 is 22.0 Å².